The highest BCUT2D eigenvalue weighted by atomic mass is 32.1. The highest BCUT2D eigenvalue weighted by Crippen LogP contribution is 2.42. The van der Waals surface area contributed by atoms with E-state index in [2.05, 4.69) is 57.6 Å². The number of hydrogen-bond donors (Lipinski definition) is 1. The van der Waals surface area contributed by atoms with Gasteiger partial charge in [0.1, 0.15) is 12.1 Å². The number of fused-ring (bicyclic) bond motifs is 2. The number of rotatable bonds is 2. The van der Waals surface area contributed by atoms with Gasteiger partial charge >= 0.3 is 0 Å². The predicted octanol–water partition coefficient (Wildman–Crippen LogP) is 4.64. The van der Waals surface area contributed by atoms with E-state index in [0.717, 1.165) is 29.8 Å². The largest absolute Gasteiger partial charge is 0.507 e. The van der Waals surface area contributed by atoms with Gasteiger partial charge in [0.05, 0.1) is 0 Å². The molecule has 1 aliphatic heterocycles. The zero-order valence-corrected chi connectivity index (χ0v) is 15.8. The Labute approximate surface area is 161 Å². The molecule has 0 bridgehead atoms. The van der Waals surface area contributed by atoms with Crippen molar-refractivity contribution in [3.8, 4) is 16.9 Å². The minimum atomic E-state index is 0.245. The van der Waals surface area contributed by atoms with Crippen molar-refractivity contribution in [2.75, 3.05) is 13.6 Å². The molecule has 27 heavy (non-hydrogen) atoms. The summed E-state index contributed by atoms with van der Waals surface area (Å²) in [6, 6.07) is 13.0. The van der Waals surface area contributed by atoms with Gasteiger partial charge in [-0.05, 0) is 47.1 Å². The Hall–Kier alpha value is -2.76. The van der Waals surface area contributed by atoms with Crippen LogP contribution < -0.4 is 0 Å². The number of likely N-dealkylation sites (N-methyl/N-ethyl adjacent to an activating group) is 1. The Bertz CT molecular complexity index is 1120. The third kappa shape index (κ3) is 2.80. The number of thiophene rings is 1. The van der Waals surface area contributed by atoms with Crippen LogP contribution in [0, 0.1) is 0 Å². The summed E-state index contributed by atoms with van der Waals surface area (Å²) in [5.41, 5.74) is 5.13. The molecule has 2 aromatic carbocycles. The van der Waals surface area contributed by atoms with E-state index in [0.29, 0.717) is 5.75 Å². The minimum Gasteiger partial charge on any atom is -0.507 e. The molecule has 1 unspecified atom stereocenters. The lowest BCUT2D eigenvalue weighted by molar-refractivity contribution is 0.288. The zero-order chi connectivity index (χ0) is 18.4. The molecule has 0 radical (unpaired) electrons. The molecule has 4 nitrogen and oxygen atoms in total. The highest BCUT2D eigenvalue weighted by Gasteiger charge is 2.28. The summed E-state index contributed by atoms with van der Waals surface area (Å²) in [5, 5.41) is 14.4. The quantitative estimate of drug-likeness (QED) is 0.556. The second-order valence-electron chi connectivity index (χ2n) is 7.12. The van der Waals surface area contributed by atoms with Crippen molar-refractivity contribution in [3.63, 3.8) is 0 Å². The molecule has 134 valence electrons. The summed E-state index contributed by atoms with van der Waals surface area (Å²) >= 11 is 1.77. The molecule has 5 heteroatoms. The molecule has 1 atom stereocenters. The molecular formula is C22H19N3OS. The van der Waals surface area contributed by atoms with Gasteiger partial charge in [0, 0.05) is 52.8 Å². The lowest BCUT2D eigenvalue weighted by Crippen LogP contribution is -2.31. The summed E-state index contributed by atoms with van der Waals surface area (Å²) in [7, 11) is 2.11. The number of phenols is 1. The molecule has 1 N–H and O–H groups in total. The van der Waals surface area contributed by atoms with E-state index in [1.165, 1.54) is 27.5 Å². The Morgan fingerprint density at radius 3 is 2.81 bits per heavy atom. The van der Waals surface area contributed by atoms with Crippen LogP contribution in [0.15, 0.2) is 60.5 Å². The van der Waals surface area contributed by atoms with E-state index in [4.69, 9.17) is 0 Å². The minimum absolute atomic E-state index is 0.245. The number of aromatic nitrogens is 2. The van der Waals surface area contributed by atoms with Crippen molar-refractivity contribution < 1.29 is 5.11 Å². The second kappa shape index (κ2) is 6.44. The fraction of sp³-hybridized carbons (Fsp3) is 0.182. The van der Waals surface area contributed by atoms with Crippen LogP contribution in [0.25, 0.3) is 21.2 Å². The Kier molecular flexibility index (Phi) is 3.92. The molecule has 3 heterocycles. The lowest BCUT2D eigenvalue weighted by atomic mass is 9.83. The van der Waals surface area contributed by atoms with Crippen LogP contribution in [-0.4, -0.2) is 33.6 Å². The topological polar surface area (TPSA) is 49.2 Å². The monoisotopic (exact) mass is 373 g/mol. The molecule has 0 amide bonds. The van der Waals surface area contributed by atoms with Gasteiger partial charge in [-0.25, -0.2) is 9.97 Å². The van der Waals surface area contributed by atoms with Crippen molar-refractivity contribution in [3.05, 3.63) is 77.2 Å². The lowest BCUT2D eigenvalue weighted by Gasteiger charge is -2.33. The smallest absolute Gasteiger partial charge is 0.128 e. The fourth-order valence-electron chi connectivity index (χ4n) is 4.05. The van der Waals surface area contributed by atoms with E-state index in [1.807, 2.05) is 6.07 Å². The van der Waals surface area contributed by atoms with E-state index in [1.54, 1.807) is 23.7 Å². The van der Waals surface area contributed by atoms with Gasteiger partial charge in [0.2, 0.25) is 0 Å². The van der Waals surface area contributed by atoms with Crippen molar-refractivity contribution in [1.82, 2.24) is 14.9 Å². The SMILES string of the molecule is CN1Cc2c(ccc(-c3cncnc3)c2O)C(c2ccc3sccc3c2)C1. The Morgan fingerprint density at radius 1 is 1.11 bits per heavy atom. The molecular weight excluding hydrogens is 354 g/mol. The van der Waals surface area contributed by atoms with Gasteiger partial charge < -0.3 is 10.0 Å². The van der Waals surface area contributed by atoms with Gasteiger partial charge in [-0.15, -0.1) is 11.3 Å². The van der Waals surface area contributed by atoms with Gasteiger partial charge in [-0.1, -0.05) is 18.2 Å². The zero-order valence-electron chi connectivity index (χ0n) is 15.0. The van der Waals surface area contributed by atoms with Crippen LogP contribution in [0.4, 0.5) is 0 Å². The highest BCUT2D eigenvalue weighted by molar-refractivity contribution is 7.17. The van der Waals surface area contributed by atoms with E-state index in [9.17, 15) is 5.11 Å². The van der Waals surface area contributed by atoms with Crippen LogP contribution in [0.5, 0.6) is 5.75 Å². The maximum Gasteiger partial charge on any atom is 0.128 e. The van der Waals surface area contributed by atoms with Crippen LogP contribution in [-0.2, 0) is 6.54 Å². The average molecular weight is 373 g/mol. The number of nitrogens with zero attached hydrogens (tertiary/aromatic N) is 3. The van der Waals surface area contributed by atoms with Gasteiger partial charge in [-0.3, -0.25) is 0 Å². The van der Waals surface area contributed by atoms with Crippen LogP contribution in [0.1, 0.15) is 22.6 Å². The molecule has 0 fully saturated rings. The van der Waals surface area contributed by atoms with E-state index >= 15 is 0 Å². The molecule has 4 aromatic rings. The second-order valence-corrected chi connectivity index (χ2v) is 8.07. The first-order valence-corrected chi connectivity index (χ1v) is 9.84. The normalized spacial score (nSPS) is 17.1. The van der Waals surface area contributed by atoms with Crippen molar-refractivity contribution in [2.45, 2.75) is 12.5 Å². The summed E-state index contributed by atoms with van der Waals surface area (Å²) in [6.07, 6.45) is 4.98. The first-order valence-electron chi connectivity index (χ1n) is 8.96. The Morgan fingerprint density at radius 2 is 1.96 bits per heavy atom. The maximum absolute atomic E-state index is 11.0. The Balaban J connectivity index is 1.64. The number of hydrogen-bond acceptors (Lipinski definition) is 5. The van der Waals surface area contributed by atoms with E-state index < -0.39 is 0 Å². The standard InChI is InChI=1S/C22H19N3OS/c1-25-11-19(14-2-5-21-15(8-14)6-7-27-21)18-4-3-17(22(26)20(18)12-25)16-9-23-13-24-10-16/h2-10,13,19,26H,11-12H2,1H3. The van der Waals surface area contributed by atoms with Crippen molar-refractivity contribution in [1.29, 1.82) is 0 Å². The maximum atomic E-state index is 11.0. The number of phenolic OH excluding ortho intramolecular Hbond substituents is 1. The summed E-state index contributed by atoms with van der Waals surface area (Å²) in [5.74, 6) is 0.588. The van der Waals surface area contributed by atoms with Crippen LogP contribution in [0.3, 0.4) is 0 Å². The molecule has 0 saturated heterocycles. The summed E-state index contributed by atoms with van der Waals surface area (Å²) < 4.78 is 1.31. The van der Waals surface area contributed by atoms with Gasteiger partial charge in [0.25, 0.3) is 0 Å². The molecule has 2 aromatic heterocycles. The van der Waals surface area contributed by atoms with E-state index in [-0.39, 0.29) is 5.92 Å². The van der Waals surface area contributed by atoms with Gasteiger partial charge in [0.15, 0.2) is 0 Å². The van der Waals surface area contributed by atoms with Gasteiger partial charge in [-0.2, -0.15) is 0 Å². The molecule has 0 aliphatic carbocycles. The first kappa shape index (κ1) is 16.4. The average Bonchev–Trinajstić information content (AvgIpc) is 3.17. The van der Waals surface area contributed by atoms with Crippen LogP contribution in [0.2, 0.25) is 0 Å². The predicted molar refractivity (Wildman–Crippen MR) is 109 cm³/mol. The van der Waals surface area contributed by atoms with Crippen molar-refractivity contribution >= 4 is 21.4 Å². The molecule has 0 saturated carbocycles. The third-order valence-electron chi connectivity index (χ3n) is 5.37. The number of benzene rings is 2. The fourth-order valence-corrected chi connectivity index (χ4v) is 4.82. The summed E-state index contributed by atoms with van der Waals surface area (Å²) in [6.45, 7) is 1.68. The third-order valence-corrected chi connectivity index (χ3v) is 6.26. The number of aromatic hydroxyl groups is 1. The molecule has 5 rings (SSSR count). The molecule has 0 spiro atoms. The first-order chi connectivity index (χ1) is 13.2. The summed E-state index contributed by atoms with van der Waals surface area (Å²) in [4.78, 5) is 10.4. The van der Waals surface area contributed by atoms with Crippen LogP contribution >= 0.6 is 11.3 Å². The van der Waals surface area contributed by atoms with Crippen molar-refractivity contribution in [2.24, 2.45) is 0 Å². The molecule has 1 aliphatic rings.